The van der Waals surface area contributed by atoms with Gasteiger partial charge in [-0.25, -0.2) is 15.0 Å². The van der Waals surface area contributed by atoms with Gasteiger partial charge in [-0.15, -0.1) is 8.78 Å². The van der Waals surface area contributed by atoms with Gasteiger partial charge >= 0.3 is 5.57 Å². The molecule has 33 heavy (non-hydrogen) atoms. The van der Waals surface area contributed by atoms with Gasteiger partial charge in [0.1, 0.15) is 24.5 Å². The Balaban J connectivity index is 1.69. The first-order valence-corrected chi connectivity index (χ1v) is 10.0. The van der Waals surface area contributed by atoms with Crippen molar-refractivity contribution >= 4 is 34.2 Å². The minimum atomic E-state index is -3.82. The van der Waals surface area contributed by atoms with Crippen LogP contribution in [0, 0.1) is 0 Å². The van der Waals surface area contributed by atoms with Gasteiger partial charge in [-0.3, -0.25) is 4.79 Å². The number of alkyl halides is 3. The molecule has 0 aliphatic heterocycles. The van der Waals surface area contributed by atoms with Gasteiger partial charge in [-0.05, 0) is 36.4 Å². The third kappa shape index (κ3) is 5.07. The van der Waals surface area contributed by atoms with Crippen molar-refractivity contribution < 1.29 is 23.0 Å². The van der Waals surface area contributed by atoms with Crippen molar-refractivity contribution in [2.24, 2.45) is 7.05 Å². The van der Waals surface area contributed by atoms with Crippen LogP contribution in [0.5, 0.6) is 5.75 Å². The molecular formula is C22H18ClF2N5O3. The van der Waals surface area contributed by atoms with Gasteiger partial charge in [0.25, 0.3) is 5.91 Å². The fourth-order valence-electron chi connectivity index (χ4n) is 3.39. The van der Waals surface area contributed by atoms with Gasteiger partial charge < -0.3 is 19.4 Å². The molecule has 0 bridgehead atoms. The predicted octanol–water partition coefficient (Wildman–Crippen LogP) is 4.60. The molecule has 170 valence electrons. The van der Waals surface area contributed by atoms with Crippen molar-refractivity contribution in [1.82, 2.24) is 19.5 Å². The molecule has 0 spiro atoms. The molecular weight excluding hydrogens is 456 g/mol. The highest BCUT2D eigenvalue weighted by atomic mass is 35.5. The molecule has 11 heteroatoms. The zero-order chi connectivity index (χ0) is 23.6. The largest absolute Gasteiger partial charge is 0.487 e. The molecule has 2 aromatic heterocycles. The first kappa shape index (κ1) is 22.6. The van der Waals surface area contributed by atoms with Crippen LogP contribution >= 0.6 is 11.6 Å². The number of fused-ring (bicyclic) bond motifs is 1. The van der Waals surface area contributed by atoms with E-state index < -0.39 is 11.5 Å². The van der Waals surface area contributed by atoms with E-state index in [0.29, 0.717) is 34.8 Å². The zero-order valence-corrected chi connectivity index (χ0v) is 18.3. The lowest BCUT2D eigenvalue weighted by Crippen LogP contribution is -2.16. The number of aromatic nitrogens is 4. The van der Waals surface area contributed by atoms with Crippen molar-refractivity contribution in [1.29, 1.82) is 0 Å². The van der Waals surface area contributed by atoms with Crippen LogP contribution in [0.2, 0.25) is 0 Å². The fraction of sp³-hybridized carbons (Fsp3) is 0.182. The molecule has 4 aromatic rings. The lowest BCUT2D eigenvalue weighted by atomic mass is 10.0. The molecule has 2 heterocycles. The molecule has 4 rings (SSSR count). The highest BCUT2D eigenvalue weighted by Gasteiger charge is 2.27. The first-order chi connectivity index (χ1) is 15.7. The first-order valence-electron chi connectivity index (χ1n) is 9.66. The normalized spacial score (nSPS) is 11.5. The Hall–Kier alpha value is -3.63. The van der Waals surface area contributed by atoms with Crippen LogP contribution in [0.4, 0.5) is 14.5 Å². The Labute approximate surface area is 192 Å². The van der Waals surface area contributed by atoms with E-state index in [1.807, 2.05) is 11.6 Å². The standard InChI is InChI=1S/C22H18ClF2N5O3/c1-30-19(11-32-2)29-18-8-13(7-17(20(18)30)14-9-26-12-27-10-14)21(31)28-15-3-5-16(6-4-15)33-22(23,24)25/h3-10,12H,11H2,1-2H3,(H,28,31). The number of benzene rings is 2. The van der Waals surface area contributed by atoms with Crippen LogP contribution in [0.3, 0.4) is 0 Å². The van der Waals surface area contributed by atoms with Gasteiger partial charge in [-0.2, -0.15) is 0 Å². The number of aryl methyl sites for hydroxylation is 1. The Morgan fingerprint density at radius 2 is 1.88 bits per heavy atom. The molecule has 0 unspecified atom stereocenters. The summed E-state index contributed by atoms with van der Waals surface area (Å²) in [5.74, 6) is 0.139. The smallest absolute Gasteiger partial charge is 0.420 e. The molecule has 0 radical (unpaired) electrons. The molecule has 1 amide bonds. The Morgan fingerprint density at radius 3 is 2.52 bits per heavy atom. The summed E-state index contributed by atoms with van der Waals surface area (Å²) in [6.45, 7) is 0.299. The molecule has 0 atom stereocenters. The van der Waals surface area contributed by atoms with E-state index in [2.05, 4.69) is 25.0 Å². The van der Waals surface area contributed by atoms with Crippen molar-refractivity contribution in [3.63, 3.8) is 0 Å². The lowest BCUT2D eigenvalue weighted by Gasteiger charge is -2.12. The zero-order valence-electron chi connectivity index (χ0n) is 17.6. The van der Waals surface area contributed by atoms with Crippen LogP contribution in [0.15, 0.2) is 55.1 Å². The number of carbonyl (C=O) groups is 1. The number of ether oxygens (including phenoxy) is 2. The minimum Gasteiger partial charge on any atom is -0.420 e. The van der Waals surface area contributed by atoms with Crippen LogP contribution in [-0.4, -0.2) is 38.1 Å². The average molecular weight is 474 g/mol. The fourth-order valence-corrected chi connectivity index (χ4v) is 3.48. The molecule has 0 saturated carbocycles. The quantitative estimate of drug-likeness (QED) is 0.394. The van der Waals surface area contributed by atoms with E-state index in [-0.39, 0.29) is 5.75 Å². The summed E-state index contributed by atoms with van der Waals surface area (Å²) >= 11 is 4.77. The third-order valence-electron chi connectivity index (χ3n) is 4.81. The SMILES string of the molecule is COCc1nc2cc(C(=O)Nc3ccc(OC(F)(F)Cl)cc3)cc(-c3cncnc3)c2n1C. The number of anilines is 1. The highest BCUT2D eigenvalue weighted by molar-refractivity contribution is 6.20. The Kier molecular flexibility index (Phi) is 6.21. The summed E-state index contributed by atoms with van der Waals surface area (Å²) in [6.07, 6.45) is 4.72. The van der Waals surface area contributed by atoms with Gasteiger partial charge in [0.2, 0.25) is 0 Å². The second-order valence-corrected chi connectivity index (χ2v) is 7.51. The van der Waals surface area contributed by atoms with E-state index >= 15 is 0 Å². The molecule has 0 saturated heterocycles. The maximum absolute atomic E-state index is 13.0. The monoisotopic (exact) mass is 473 g/mol. The van der Waals surface area contributed by atoms with Gasteiger partial charge in [-0.1, -0.05) is 0 Å². The highest BCUT2D eigenvalue weighted by Crippen LogP contribution is 2.31. The molecule has 2 aromatic carbocycles. The topological polar surface area (TPSA) is 91.2 Å². The number of halogens is 3. The number of nitrogens with zero attached hydrogens (tertiary/aromatic N) is 4. The van der Waals surface area contributed by atoms with Crippen molar-refractivity contribution in [2.45, 2.75) is 12.2 Å². The van der Waals surface area contributed by atoms with Crippen molar-refractivity contribution in [3.8, 4) is 16.9 Å². The van der Waals surface area contributed by atoms with E-state index in [0.717, 1.165) is 11.1 Å². The number of imidazole rings is 1. The summed E-state index contributed by atoms with van der Waals surface area (Å²) in [7, 11) is 3.44. The summed E-state index contributed by atoms with van der Waals surface area (Å²) in [5, 5.41) is 2.73. The number of rotatable bonds is 7. The van der Waals surface area contributed by atoms with Crippen molar-refractivity contribution in [2.75, 3.05) is 12.4 Å². The van der Waals surface area contributed by atoms with E-state index in [1.54, 1.807) is 31.6 Å². The predicted molar refractivity (Wildman–Crippen MR) is 118 cm³/mol. The van der Waals surface area contributed by atoms with E-state index in [9.17, 15) is 13.6 Å². The van der Waals surface area contributed by atoms with Crippen LogP contribution in [0.1, 0.15) is 16.2 Å². The number of methoxy groups -OCH3 is 1. The maximum Gasteiger partial charge on any atom is 0.487 e. The van der Waals surface area contributed by atoms with Gasteiger partial charge in [0.05, 0.1) is 11.0 Å². The van der Waals surface area contributed by atoms with Crippen LogP contribution in [0.25, 0.3) is 22.2 Å². The molecule has 1 N–H and O–H groups in total. The van der Waals surface area contributed by atoms with Crippen molar-refractivity contribution in [3.05, 3.63) is 66.5 Å². The molecule has 0 aliphatic rings. The Bertz CT molecular complexity index is 1290. The maximum atomic E-state index is 13.0. The molecule has 0 aliphatic carbocycles. The number of nitrogens with one attached hydrogen (secondary N) is 1. The number of amides is 1. The second kappa shape index (κ2) is 9.08. The van der Waals surface area contributed by atoms with Gasteiger partial charge in [0, 0.05) is 60.5 Å². The summed E-state index contributed by atoms with van der Waals surface area (Å²) in [6, 6.07) is 8.80. The average Bonchev–Trinajstić information content (AvgIpc) is 3.09. The second-order valence-electron chi connectivity index (χ2n) is 7.07. The summed E-state index contributed by atoms with van der Waals surface area (Å²) in [4.78, 5) is 25.8. The van der Waals surface area contributed by atoms with Crippen LogP contribution < -0.4 is 10.1 Å². The summed E-state index contributed by atoms with van der Waals surface area (Å²) < 4.78 is 37.0. The minimum absolute atomic E-state index is 0.139. The van der Waals surface area contributed by atoms with Gasteiger partial charge in [0.15, 0.2) is 0 Å². The summed E-state index contributed by atoms with van der Waals surface area (Å²) in [5.41, 5.74) is -0.244. The number of hydrogen-bond donors (Lipinski definition) is 1. The number of carbonyl (C=O) groups excluding carboxylic acids is 1. The van der Waals surface area contributed by atoms with E-state index in [4.69, 9.17) is 16.3 Å². The van der Waals surface area contributed by atoms with Crippen LogP contribution in [-0.2, 0) is 18.4 Å². The molecule has 0 fully saturated rings. The lowest BCUT2D eigenvalue weighted by molar-refractivity contribution is -0.0964. The third-order valence-corrected chi connectivity index (χ3v) is 4.89. The Morgan fingerprint density at radius 1 is 1.18 bits per heavy atom. The number of hydrogen-bond acceptors (Lipinski definition) is 6. The van der Waals surface area contributed by atoms with E-state index in [1.165, 1.54) is 30.6 Å². The molecule has 8 nitrogen and oxygen atoms in total.